The van der Waals surface area contributed by atoms with Gasteiger partial charge in [-0.05, 0) is 24.3 Å². The Labute approximate surface area is 153 Å². The molecule has 3 rings (SSSR count). The minimum Gasteiger partial charge on any atom is -0.455 e. The molecule has 0 saturated carbocycles. The van der Waals surface area contributed by atoms with Crippen molar-refractivity contribution in [2.75, 3.05) is 23.4 Å². The van der Waals surface area contributed by atoms with Gasteiger partial charge in [0.1, 0.15) is 12.4 Å². The molecular formula is C18H14ClFN2O4. The maximum absolute atomic E-state index is 13.7. The van der Waals surface area contributed by atoms with Gasteiger partial charge in [-0.15, -0.1) is 0 Å². The lowest BCUT2D eigenvalue weighted by Gasteiger charge is -2.28. The summed E-state index contributed by atoms with van der Waals surface area (Å²) < 4.78 is 18.6. The highest BCUT2D eigenvalue weighted by Gasteiger charge is 2.27. The molecule has 0 radical (unpaired) electrons. The first kappa shape index (κ1) is 17.9. The maximum atomic E-state index is 13.7. The van der Waals surface area contributed by atoms with Crippen LogP contribution in [0, 0.1) is 5.82 Å². The number of ether oxygens (including phenoxy) is 1. The van der Waals surface area contributed by atoms with E-state index in [0.29, 0.717) is 11.4 Å². The quantitative estimate of drug-likeness (QED) is 0.832. The second-order valence-corrected chi connectivity index (χ2v) is 5.99. The molecule has 2 amide bonds. The molecule has 8 heteroatoms. The van der Waals surface area contributed by atoms with Gasteiger partial charge in [0.05, 0.1) is 17.8 Å². The summed E-state index contributed by atoms with van der Waals surface area (Å²) in [5, 5.41) is 2.76. The van der Waals surface area contributed by atoms with Crippen LogP contribution in [0.3, 0.4) is 0 Å². The molecule has 0 spiro atoms. The number of nitrogens with one attached hydrogen (secondary N) is 1. The highest BCUT2D eigenvalue weighted by atomic mass is 35.5. The molecule has 26 heavy (non-hydrogen) atoms. The van der Waals surface area contributed by atoms with E-state index in [0.717, 1.165) is 0 Å². The van der Waals surface area contributed by atoms with Gasteiger partial charge in [0.25, 0.3) is 5.91 Å². The minimum absolute atomic E-state index is 0.00862. The highest BCUT2D eigenvalue weighted by Crippen LogP contribution is 2.28. The molecule has 1 heterocycles. The van der Waals surface area contributed by atoms with E-state index in [1.54, 1.807) is 24.3 Å². The molecule has 0 unspecified atom stereocenters. The van der Waals surface area contributed by atoms with Crippen LogP contribution < -0.4 is 10.2 Å². The minimum atomic E-state index is -0.792. The Morgan fingerprint density at radius 1 is 1.19 bits per heavy atom. The van der Waals surface area contributed by atoms with Crippen molar-refractivity contribution in [3.8, 4) is 0 Å². The number of carbonyl (C=O) groups is 3. The third-order valence-electron chi connectivity index (χ3n) is 3.81. The van der Waals surface area contributed by atoms with Crippen LogP contribution >= 0.6 is 11.6 Å². The molecule has 0 aliphatic carbocycles. The number of anilines is 2. The summed E-state index contributed by atoms with van der Waals surface area (Å²) in [7, 11) is 0. The van der Waals surface area contributed by atoms with Crippen LogP contribution in [0.25, 0.3) is 0 Å². The van der Waals surface area contributed by atoms with Crippen LogP contribution in [0.1, 0.15) is 5.56 Å². The van der Waals surface area contributed by atoms with Crippen molar-refractivity contribution in [3.63, 3.8) is 0 Å². The Morgan fingerprint density at radius 3 is 2.73 bits per heavy atom. The molecule has 0 bridgehead atoms. The van der Waals surface area contributed by atoms with E-state index in [1.165, 1.54) is 23.1 Å². The normalized spacial score (nSPS) is 13.0. The summed E-state index contributed by atoms with van der Waals surface area (Å²) in [6.45, 7) is -0.737. The van der Waals surface area contributed by atoms with E-state index >= 15 is 0 Å². The molecule has 2 aromatic rings. The summed E-state index contributed by atoms with van der Waals surface area (Å²) in [5.74, 6) is -2.32. The Bertz CT molecular complexity index is 867. The molecule has 1 N–H and O–H groups in total. The molecular weight excluding hydrogens is 363 g/mol. The number of benzene rings is 2. The zero-order valence-corrected chi connectivity index (χ0v) is 14.3. The fourth-order valence-corrected chi connectivity index (χ4v) is 2.80. The number of para-hydroxylation sites is 2. The number of esters is 1. The van der Waals surface area contributed by atoms with Crippen LogP contribution in [0.5, 0.6) is 0 Å². The van der Waals surface area contributed by atoms with Gasteiger partial charge in [-0.25, -0.2) is 4.39 Å². The van der Waals surface area contributed by atoms with E-state index < -0.39 is 30.7 Å². The van der Waals surface area contributed by atoms with Gasteiger partial charge in [0, 0.05) is 10.6 Å². The number of hydrogen-bond acceptors (Lipinski definition) is 4. The van der Waals surface area contributed by atoms with E-state index in [9.17, 15) is 18.8 Å². The Morgan fingerprint density at radius 2 is 1.96 bits per heavy atom. The average Bonchev–Trinajstić information content (AvgIpc) is 2.62. The smallest absolute Gasteiger partial charge is 0.310 e. The van der Waals surface area contributed by atoms with Crippen molar-refractivity contribution in [1.82, 2.24) is 0 Å². The topological polar surface area (TPSA) is 75.7 Å². The van der Waals surface area contributed by atoms with Crippen molar-refractivity contribution in [2.45, 2.75) is 6.42 Å². The van der Waals surface area contributed by atoms with Crippen LogP contribution in [0.4, 0.5) is 15.8 Å². The number of nitrogens with zero attached hydrogens (tertiary/aromatic N) is 1. The number of hydrogen-bond donors (Lipinski definition) is 1. The van der Waals surface area contributed by atoms with Gasteiger partial charge < -0.3 is 10.1 Å². The lowest BCUT2D eigenvalue weighted by molar-refractivity contribution is -0.147. The summed E-state index contributed by atoms with van der Waals surface area (Å²) in [6.07, 6.45) is -0.393. The van der Waals surface area contributed by atoms with Crippen LogP contribution in [-0.2, 0) is 25.5 Å². The molecule has 2 aromatic carbocycles. The fraction of sp³-hybridized carbons (Fsp3) is 0.167. The number of halogens is 2. The molecule has 134 valence electrons. The van der Waals surface area contributed by atoms with Crippen LogP contribution in [-0.4, -0.2) is 30.9 Å². The Kier molecular flexibility index (Phi) is 5.18. The SMILES string of the molecule is O=C1CN(C(=O)COC(=O)Cc2c(F)cccc2Cl)c2ccccc2N1. The number of rotatable bonds is 4. The largest absolute Gasteiger partial charge is 0.455 e. The summed E-state index contributed by atoms with van der Waals surface area (Å²) in [4.78, 5) is 37.2. The van der Waals surface area contributed by atoms with Gasteiger partial charge in [0.15, 0.2) is 6.61 Å². The monoisotopic (exact) mass is 376 g/mol. The molecule has 1 aliphatic rings. The third kappa shape index (κ3) is 3.83. The van der Waals surface area contributed by atoms with Gasteiger partial charge in [-0.3, -0.25) is 19.3 Å². The lowest BCUT2D eigenvalue weighted by atomic mass is 10.1. The van der Waals surface area contributed by atoms with E-state index in [4.69, 9.17) is 16.3 Å². The van der Waals surface area contributed by atoms with Crippen molar-refractivity contribution in [1.29, 1.82) is 0 Å². The van der Waals surface area contributed by atoms with Crippen molar-refractivity contribution >= 4 is 40.8 Å². The standard InChI is InChI=1S/C18H14ClFN2O4/c19-12-4-3-5-13(20)11(12)8-18(25)26-10-17(24)22-9-16(23)21-14-6-1-2-7-15(14)22/h1-7H,8-10H2,(H,21,23). The first-order chi connectivity index (χ1) is 12.5. The molecule has 1 aliphatic heterocycles. The zero-order valence-electron chi connectivity index (χ0n) is 13.5. The van der Waals surface area contributed by atoms with Crippen molar-refractivity contribution in [2.24, 2.45) is 0 Å². The van der Waals surface area contributed by atoms with E-state index in [2.05, 4.69) is 5.32 Å². The first-order valence-corrected chi connectivity index (χ1v) is 8.11. The first-order valence-electron chi connectivity index (χ1n) is 7.73. The second kappa shape index (κ2) is 7.53. The molecule has 6 nitrogen and oxygen atoms in total. The Balaban J connectivity index is 1.64. The second-order valence-electron chi connectivity index (χ2n) is 5.58. The third-order valence-corrected chi connectivity index (χ3v) is 4.17. The van der Waals surface area contributed by atoms with Gasteiger partial charge in [-0.1, -0.05) is 29.8 Å². The van der Waals surface area contributed by atoms with Crippen molar-refractivity contribution in [3.05, 3.63) is 58.9 Å². The number of carbonyl (C=O) groups excluding carboxylic acids is 3. The van der Waals surface area contributed by atoms with E-state index in [-0.39, 0.29) is 23.0 Å². The van der Waals surface area contributed by atoms with Gasteiger partial charge in [-0.2, -0.15) is 0 Å². The summed E-state index contributed by atoms with van der Waals surface area (Å²) in [5.41, 5.74) is 1.03. The number of amides is 2. The zero-order chi connectivity index (χ0) is 18.7. The Hall–Kier alpha value is -2.93. The van der Waals surface area contributed by atoms with Crippen molar-refractivity contribution < 1.29 is 23.5 Å². The fourth-order valence-electron chi connectivity index (χ4n) is 2.57. The van der Waals surface area contributed by atoms with Gasteiger partial charge in [0.2, 0.25) is 5.91 Å². The van der Waals surface area contributed by atoms with Gasteiger partial charge >= 0.3 is 5.97 Å². The average molecular weight is 377 g/mol. The molecule has 0 saturated heterocycles. The van der Waals surface area contributed by atoms with Crippen LogP contribution in [0.15, 0.2) is 42.5 Å². The summed E-state index contributed by atoms with van der Waals surface area (Å²) in [6, 6.07) is 10.9. The molecule has 0 fully saturated rings. The number of fused-ring (bicyclic) bond motifs is 1. The predicted octanol–water partition coefficient (Wildman–Crippen LogP) is 2.55. The molecule has 0 aromatic heterocycles. The summed E-state index contributed by atoms with van der Waals surface area (Å²) >= 11 is 5.86. The predicted molar refractivity (Wildman–Crippen MR) is 93.5 cm³/mol. The highest BCUT2D eigenvalue weighted by molar-refractivity contribution is 6.31. The lowest BCUT2D eigenvalue weighted by Crippen LogP contribution is -2.44. The maximum Gasteiger partial charge on any atom is 0.310 e. The van der Waals surface area contributed by atoms with E-state index in [1.807, 2.05) is 0 Å². The van der Waals surface area contributed by atoms with Crippen LogP contribution in [0.2, 0.25) is 5.02 Å². The molecule has 0 atom stereocenters.